The normalized spacial score (nSPS) is 10.7. The molecule has 6 nitrogen and oxygen atoms in total. The number of para-hydroxylation sites is 1. The molecular weight excluding hydrogens is 422 g/mol. The van der Waals surface area contributed by atoms with E-state index in [-0.39, 0.29) is 18.3 Å². The second-order valence-electron chi connectivity index (χ2n) is 5.45. The number of nitrogens with one attached hydrogen (secondary N) is 1. The van der Waals surface area contributed by atoms with Gasteiger partial charge in [-0.2, -0.15) is 5.10 Å². The fraction of sp³-hybridized carbons (Fsp3) is 0.222. The molecule has 0 atom stereocenters. The molecule has 0 saturated carbocycles. The van der Waals surface area contributed by atoms with Crippen LogP contribution in [0.5, 0.6) is 5.75 Å². The van der Waals surface area contributed by atoms with Crippen molar-refractivity contribution in [2.45, 2.75) is 26.6 Å². The molecule has 0 bridgehead atoms. The lowest BCUT2D eigenvalue weighted by molar-refractivity contribution is 0.0918. The molecule has 0 aliphatic carbocycles. The van der Waals surface area contributed by atoms with Gasteiger partial charge in [0, 0.05) is 12.7 Å². The van der Waals surface area contributed by atoms with Crippen LogP contribution in [-0.4, -0.2) is 15.7 Å². The number of benzene rings is 1. The molecule has 3 aromatic rings. The number of rotatable bonds is 7. The summed E-state index contributed by atoms with van der Waals surface area (Å²) in [5.41, 5.74) is 0.758. The molecule has 2 aromatic heterocycles. The Bertz CT molecular complexity index is 907. The fourth-order valence-corrected chi connectivity index (χ4v) is 2.90. The van der Waals surface area contributed by atoms with E-state index >= 15 is 0 Å². The van der Waals surface area contributed by atoms with Crippen LogP contribution in [0, 0.1) is 0 Å². The Balaban J connectivity index is 1.56. The summed E-state index contributed by atoms with van der Waals surface area (Å²) < 4.78 is 13.8. The molecule has 0 radical (unpaired) electrons. The number of carbonyl (C=O) groups excluding carboxylic acids is 1. The summed E-state index contributed by atoms with van der Waals surface area (Å²) in [5, 5.41) is 7.67. The molecule has 1 amide bonds. The summed E-state index contributed by atoms with van der Waals surface area (Å²) in [4.78, 5) is 12.2. The predicted octanol–water partition coefficient (Wildman–Crippen LogP) is 4.42. The molecule has 0 saturated heterocycles. The molecule has 0 fully saturated rings. The average Bonchev–Trinajstić information content (AvgIpc) is 3.25. The molecule has 1 N–H and O–H groups in total. The summed E-state index contributed by atoms with van der Waals surface area (Å²) in [7, 11) is 0. The Kier molecular flexibility index (Phi) is 6.00. The minimum Gasteiger partial charge on any atom is -0.484 e. The Morgan fingerprint density at radius 3 is 2.88 bits per heavy atom. The topological polar surface area (TPSA) is 69.3 Å². The van der Waals surface area contributed by atoms with Gasteiger partial charge in [-0.1, -0.05) is 23.7 Å². The summed E-state index contributed by atoms with van der Waals surface area (Å²) in [6.45, 7) is 3.25. The first kappa shape index (κ1) is 18.5. The Hall–Kier alpha value is -2.25. The highest BCUT2D eigenvalue weighted by atomic mass is 79.9. The van der Waals surface area contributed by atoms with E-state index in [1.54, 1.807) is 28.9 Å². The lowest BCUT2D eigenvalue weighted by Gasteiger charge is -2.05. The van der Waals surface area contributed by atoms with Gasteiger partial charge in [-0.05, 0) is 47.1 Å². The monoisotopic (exact) mass is 437 g/mol. The molecule has 0 aliphatic rings. The van der Waals surface area contributed by atoms with Crippen LogP contribution in [0.2, 0.25) is 5.02 Å². The summed E-state index contributed by atoms with van der Waals surface area (Å²) in [6, 6.07) is 10.5. The molecule has 136 valence electrons. The molecule has 2 heterocycles. The maximum absolute atomic E-state index is 12.2. The smallest absolute Gasteiger partial charge is 0.287 e. The number of aromatic nitrogens is 2. The van der Waals surface area contributed by atoms with Crippen LogP contribution in [-0.2, 0) is 19.7 Å². The van der Waals surface area contributed by atoms with Crippen molar-refractivity contribution >= 4 is 33.4 Å². The summed E-state index contributed by atoms with van der Waals surface area (Å²) in [5.74, 6) is 1.00. The Labute approximate surface area is 164 Å². The number of amides is 1. The first-order valence-corrected chi connectivity index (χ1v) is 9.20. The third kappa shape index (κ3) is 4.47. The van der Waals surface area contributed by atoms with Gasteiger partial charge in [0.25, 0.3) is 5.91 Å². The Morgan fingerprint density at radius 1 is 1.35 bits per heavy atom. The van der Waals surface area contributed by atoms with E-state index in [1.807, 2.05) is 25.3 Å². The van der Waals surface area contributed by atoms with E-state index in [0.29, 0.717) is 23.1 Å². The molecule has 1 aromatic carbocycles. The van der Waals surface area contributed by atoms with Gasteiger partial charge in [0.2, 0.25) is 0 Å². The van der Waals surface area contributed by atoms with Crippen molar-refractivity contribution in [1.29, 1.82) is 0 Å². The van der Waals surface area contributed by atoms with Crippen molar-refractivity contribution in [3.63, 3.8) is 0 Å². The van der Waals surface area contributed by atoms with Crippen LogP contribution in [0.3, 0.4) is 0 Å². The first-order chi connectivity index (χ1) is 12.6. The number of furan rings is 1. The van der Waals surface area contributed by atoms with Crippen LogP contribution >= 0.6 is 27.5 Å². The average molecular weight is 439 g/mol. The zero-order chi connectivity index (χ0) is 18.5. The lowest BCUT2D eigenvalue weighted by atomic mass is 10.3. The summed E-state index contributed by atoms with van der Waals surface area (Å²) in [6.07, 6.45) is 1.87. The van der Waals surface area contributed by atoms with E-state index in [2.05, 4.69) is 26.3 Å². The Morgan fingerprint density at radius 2 is 2.15 bits per heavy atom. The summed E-state index contributed by atoms with van der Waals surface area (Å²) >= 11 is 9.47. The van der Waals surface area contributed by atoms with Gasteiger partial charge < -0.3 is 14.5 Å². The standard InChI is InChI=1S/C18H17BrClN3O3/c1-2-23-10-13(19)15(22-23)9-21-18(24)17-8-7-12(26-17)11-25-16-6-4-3-5-14(16)20/h3-8,10H,2,9,11H2,1H3,(H,21,24). The van der Waals surface area contributed by atoms with Gasteiger partial charge in [0.15, 0.2) is 5.76 Å². The van der Waals surface area contributed by atoms with Gasteiger partial charge in [0.1, 0.15) is 18.1 Å². The highest BCUT2D eigenvalue weighted by Crippen LogP contribution is 2.24. The molecule has 3 rings (SSSR count). The van der Waals surface area contributed by atoms with Gasteiger partial charge in [-0.3, -0.25) is 9.48 Å². The van der Waals surface area contributed by atoms with Crippen LogP contribution in [0.15, 0.2) is 51.5 Å². The number of hydrogen-bond acceptors (Lipinski definition) is 4. The SMILES string of the molecule is CCn1cc(Br)c(CNC(=O)c2ccc(COc3ccccc3Cl)o2)n1. The van der Waals surface area contributed by atoms with Crippen molar-refractivity contribution in [3.05, 3.63) is 69.3 Å². The van der Waals surface area contributed by atoms with E-state index in [4.69, 9.17) is 20.8 Å². The van der Waals surface area contributed by atoms with E-state index in [9.17, 15) is 4.79 Å². The third-order valence-corrected chi connectivity index (χ3v) is 4.59. The minimum absolute atomic E-state index is 0.184. The van der Waals surface area contributed by atoms with Crippen molar-refractivity contribution in [3.8, 4) is 5.75 Å². The van der Waals surface area contributed by atoms with Gasteiger partial charge in [0.05, 0.1) is 21.7 Å². The van der Waals surface area contributed by atoms with Crippen LogP contribution in [0.4, 0.5) is 0 Å². The van der Waals surface area contributed by atoms with Gasteiger partial charge in [-0.25, -0.2) is 0 Å². The fourth-order valence-electron chi connectivity index (χ4n) is 2.26. The second-order valence-corrected chi connectivity index (χ2v) is 6.71. The second kappa shape index (κ2) is 8.42. The highest BCUT2D eigenvalue weighted by Gasteiger charge is 2.13. The molecule has 26 heavy (non-hydrogen) atoms. The maximum Gasteiger partial charge on any atom is 0.287 e. The number of ether oxygens (including phenoxy) is 1. The minimum atomic E-state index is -0.313. The lowest BCUT2D eigenvalue weighted by Crippen LogP contribution is -2.22. The molecule has 0 aliphatic heterocycles. The van der Waals surface area contributed by atoms with Crippen molar-refractivity contribution in [2.75, 3.05) is 0 Å². The molecular formula is C18H17BrClN3O3. The molecule has 0 unspecified atom stereocenters. The number of aryl methyl sites for hydroxylation is 1. The van der Waals surface area contributed by atoms with Crippen molar-refractivity contribution in [2.24, 2.45) is 0 Å². The zero-order valence-electron chi connectivity index (χ0n) is 14.0. The highest BCUT2D eigenvalue weighted by molar-refractivity contribution is 9.10. The van der Waals surface area contributed by atoms with E-state index < -0.39 is 0 Å². The van der Waals surface area contributed by atoms with Crippen LogP contribution in [0.1, 0.15) is 28.9 Å². The quantitative estimate of drug-likeness (QED) is 0.593. The molecule has 0 spiro atoms. The van der Waals surface area contributed by atoms with Crippen LogP contribution < -0.4 is 10.1 Å². The molecule has 8 heteroatoms. The third-order valence-electron chi connectivity index (χ3n) is 3.62. The largest absolute Gasteiger partial charge is 0.484 e. The van der Waals surface area contributed by atoms with Gasteiger partial charge >= 0.3 is 0 Å². The first-order valence-electron chi connectivity index (χ1n) is 8.03. The van der Waals surface area contributed by atoms with E-state index in [0.717, 1.165) is 16.7 Å². The predicted molar refractivity (Wildman–Crippen MR) is 101 cm³/mol. The zero-order valence-corrected chi connectivity index (χ0v) is 16.4. The number of carbonyl (C=O) groups is 1. The van der Waals surface area contributed by atoms with Crippen molar-refractivity contribution < 1.29 is 13.9 Å². The van der Waals surface area contributed by atoms with Crippen molar-refractivity contribution in [1.82, 2.24) is 15.1 Å². The van der Waals surface area contributed by atoms with Gasteiger partial charge in [-0.15, -0.1) is 0 Å². The number of nitrogens with zero attached hydrogens (tertiary/aromatic N) is 2. The van der Waals surface area contributed by atoms with Crippen LogP contribution in [0.25, 0.3) is 0 Å². The number of halogens is 2. The maximum atomic E-state index is 12.2. The van der Waals surface area contributed by atoms with E-state index in [1.165, 1.54) is 0 Å². The number of hydrogen-bond donors (Lipinski definition) is 1.